The van der Waals surface area contributed by atoms with Crippen LogP contribution in [0.15, 0.2) is 0 Å². The lowest BCUT2D eigenvalue weighted by molar-refractivity contribution is -0.158. The number of aliphatic hydroxyl groups is 1. The summed E-state index contributed by atoms with van der Waals surface area (Å²) in [6.45, 7) is 11.3. The van der Waals surface area contributed by atoms with Crippen molar-refractivity contribution < 1.29 is 14.6 Å². The summed E-state index contributed by atoms with van der Waals surface area (Å²) in [7, 11) is 0. The van der Waals surface area contributed by atoms with E-state index in [1.165, 1.54) is 38.5 Å². The summed E-state index contributed by atoms with van der Waals surface area (Å²) in [5.41, 5.74) is 0.219. The van der Waals surface area contributed by atoms with Crippen molar-refractivity contribution in [3.8, 4) is 0 Å². The molecule has 160 valence electrons. The maximum absolute atomic E-state index is 12.1. The van der Waals surface area contributed by atoms with E-state index in [9.17, 15) is 9.90 Å². The van der Waals surface area contributed by atoms with Crippen molar-refractivity contribution in [2.75, 3.05) is 6.61 Å². The number of hydrogen-bond donors (Lipinski definition) is 1. The zero-order valence-corrected chi connectivity index (χ0v) is 18.8. The van der Waals surface area contributed by atoms with E-state index in [0.717, 1.165) is 37.0 Å². The van der Waals surface area contributed by atoms with Gasteiger partial charge in [-0.25, -0.2) is 0 Å². The molecule has 4 aliphatic rings. The second-order valence-electron chi connectivity index (χ2n) is 11.9. The molecule has 8 atom stereocenters. The van der Waals surface area contributed by atoms with Crippen LogP contribution in [0.4, 0.5) is 0 Å². The van der Waals surface area contributed by atoms with Crippen LogP contribution in [0.5, 0.6) is 0 Å². The van der Waals surface area contributed by atoms with Crippen LogP contribution in [-0.2, 0) is 9.53 Å². The zero-order valence-electron chi connectivity index (χ0n) is 18.8. The normalized spacial score (nSPS) is 50.8. The number of rotatable bonds is 4. The Morgan fingerprint density at radius 2 is 1.68 bits per heavy atom. The van der Waals surface area contributed by atoms with Gasteiger partial charge in [0.15, 0.2) is 5.78 Å². The Balaban J connectivity index is 1.48. The Bertz CT molecular complexity index is 611. The van der Waals surface area contributed by atoms with Gasteiger partial charge < -0.3 is 9.84 Å². The highest BCUT2D eigenvalue weighted by Gasteiger charge is 2.61. The van der Waals surface area contributed by atoms with Gasteiger partial charge in [0.05, 0.1) is 11.7 Å². The minimum atomic E-state index is -0.449. The fraction of sp³-hybridized carbons (Fsp3) is 0.960. The molecule has 3 heteroatoms. The molecule has 0 aromatic rings. The van der Waals surface area contributed by atoms with Crippen molar-refractivity contribution in [3.63, 3.8) is 0 Å². The van der Waals surface area contributed by atoms with Gasteiger partial charge in [-0.1, -0.05) is 27.7 Å². The molecule has 3 nitrogen and oxygen atoms in total. The van der Waals surface area contributed by atoms with Crippen molar-refractivity contribution >= 4 is 5.78 Å². The van der Waals surface area contributed by atoms with Crippen molar-refractivity contribution in [2.45, 2.75) is 104 Å². The molecule has 28 heavy (non-hydrogen) atoms. The van der Waals surface area contributed by atoms with E-state index < -0.39 is 5.60 Å². The highest BCUT2D eigenvalue weighted by Crippen LogP contribution is 2.67. The molecular weight excluding hydrogens is 348 g/mol. The molecule has 0 aromatic heterocycles. The largest absolute Gasteiger partial charge is 0.390 e. The summed E-state index contributed by atoms with van der Waals surface area (Å²) in [6.07, 6.45) is 11.0. The van der Waals surface area contributed by atoms with Crippen LogP contribution in [0, 0.1) is 40.4 Å². The Kier molecular flexibility index (Phi) is 5.27. The van der Waals surface area contributed by atoms with Gasteiger partial charge in [0.2, 0.25) is 0 Å². The number of Topliss-reactive ketones (excluding diaryl/α,β-unsaturated/α-hetero) is 1. The van der Waals surface area contributed by atoms with Gasteiger partial charge in [0, 0.05) is 5.92 Å². The second-order valence-corrected chi connectivity index (χ2v) is 11.9. The van der Waals surface area contributed by atoms with Gasteiger partial charge in [0.1, 0.15) is 6.61 Å². The summed E-state index contributed by atoms with van der Waals surface area (Å²) >= 11 is 0. The first-order valence-corrected chi connectivity index (χ1v) is 11.9. The topological polar surface area (TPSA) is 46.5 Å². The number of ether oxygens (including phenoxy) is 1. The molecule has 0 amide bonds. The molecule has 0 aromatic carbocycles. The first-order valence-electron chi connectivity index (χ1n) is 11.9. The molecule has 1 N–H and O–H groups in total. The van der Waals surface area contributed by atoms with E-state index in [1.54, 1.807) is 0 Å². The molecule has 4 rings (SSSR count). The van der Waals surface area contributed by atoms with Crippen molar-refractivity contribution in [1.82, 2.24) is 0 Å². The molecule has 0 heterocycles. The quantitative estimate of drug-likeness (QED) is 0.700. The molecule has 0 spiro atoms. The third kappa shape index (κ3) is 3.29. The standard InChI is InChI=1S/C25H42O3/c1-16(2)21(26)15-28-22-9-8-19-18-7-6-17-14-23(3,27)12-13-24(17,4)20(18)10-11-25(19,22)5/h16-20,22,27H,6-15H2,1-5H3. The second kappa shape index (κ2) is 7.08. The van der Waals surface area contributed by atoms with Crippen LogP contribution in [0.1, 0.15) is 92.4 Å². The number of carbonyl (C=O) groups excluding carboxylic acids is 1. The summed E-state index contributed by atoms with van der Waals surface area (Å²) in [6, 6.07) is 0. The SMILES string of the molecule is CC(C)C(=O)COC1CCC2C3CCC4CC(C)(O)CCC4(C)C3CCC12C. The highest BCUT2D eigenvalue weighted by molar-refractivity contribution is 5.81. The van der Waals surface area contributed by atoms with Crippen LogP contribution < -0.4 is 0 Å². The molecule has 4 fully saturated rings. The Labute approximate surface area is 172 Å². The molecule has 0 bridgehead atoms. The summed E-state index contributed by atoms with van der Waals surface area (Å²) in [5.74, 6) is 3.39. The van der Waals surface area contributed by atoms with E-state index in [2.05, 4.69) is 13.8 Å². The first kappa shape index (κ1) is 20.8. The summed E-state index contributed by atoms with van der Waals surface area (Å²) in [5, 5.41) is 10.6. The van der Waals surface area contributed by atoms with E-state index in [1.807, 2.05) is 20.8 Å². The molecule has 0 radical (unpaired) electrons. The Morgan fingerprint density at radius 1 is 0.964 bits per heavy atom. The van der Waals surface area contributed by atoms with Crippen molar-refractivity contribution in [2.24, 2.45) is 40.4 Å². The zero-order chi connectivity index (χ0) is 20.3. The van der Waals surface area contributed by atoms with Gasteiger partial charge in [-0.05, 0) is 99.2 Å². The fourth-order valence-electron chi connectivity index (χ4n) is 8.01. The Hall–Kier alpha value is -0.410. The molecular formula is C25H42O3. The molecule has 4 aliphatic carbocycles. The number of ketones is 1. The smallest absolute Gasteiger partial charge is 0.160 e. The van der Waals surface area contributed by atoms with Gasteiger partial charge in [-0.3, -0.25) is 4.79 Å². The maximum atomic E-state index is 12.1. The van der Waals surface area contributed by atoms with Gasteiger partial charge in [-0.15, -0.1) is 0 Å². The average molecular weight is 391 g/mol. The predicted molar refractivity (Wildman–Crippen MR) is 112 cm³/mol. The number of fused-ring (bicyclic) bond motifs is 5. The van der Waals surface area contributed by atoms with Crippen LogP contribution in [-0.4, -0.2) is 29.2 Å². The van der Waals surface area contributed by atoms with E-state index in [4.69, 9.17) is 4.74 Å². The first-order chi connectivity index (χ1) is 13.1. The third-order valence-electron chi connectivity index (χ3n) is 9.94. The molecule has 8 unspecified atom stereocenters. The maximum Gasteiger partial charge on any atom is 0.160 e. The van der Waals surface area contributed by atoms with Crippen LogP contribution in [0.25, 0.3) is 0 Å². The van der Waals surface area contributed by atoms with Gasteiger partial charge >= 0.3 is 0 Å². The van der Waals surface area contributed by atoms with E-state index in [-0.39, 0.29) is 23.2 Å². The Morgan fingerprint density at radius 3 is 2.39 bits per heavy atom. The lowest BCUT2D eigenvalue weighted by Crippen LogP contribution is -2.56. The lowest BCUT2D eigenvalue weighted by atomic mass is 9.44. The van der Waals surface area contributed by atoms with E-state index >= 15 is 0 Å². The van der Waals surface area contributed by atoms with Crippen molar-refractivity contribution in [3.05, 3.63) is 0 Å². The van der Waals surface area contributed by atoms with E-state index in [0.29, 0.717) is 17.9 Å². The van der Waals surface area contributed by atoms with Crippen LogP contribution in [0.3, 0.4) is 0 Å². The lowest BCUT2D eigenvalue weighted by Gasteiger charge is -2.61. The minimum Gasteiger partial charge on any atom is -0.390 e. The monoisotopic (exact) mass is 390 g/mol. The number of carbonyl (C=O) groups is 1. The van der Waals surface area contributed by atoms with Gasteiger partial charge in [-0.2, -0.15) is 0 Å². The van der Waals surface area contributed by atoms with Crippen LogP contribution >= 0.6 is 0 Å². The summed E-state index contributed by atoms with van der Waals surface area (Å²) in [4.78, 5) is 12.1. The average Bonchev–Trinajstić information content (AvgIpc) is 2.96. The van der Waals surface area contributed by atoms with Crippen molar-refractivity contribution in [1.29, 1.82) is 0 Å². The van der Waals surface area contributed by atoms with Gasteiger partial charge in [0.25, 0.3) is 0 Å². The fourth-order valence-corrected chi connectivity index (χ4v) is 8.01. The number of hydrogen-bond acceptors (Lipinski definition) is 3. The molecule has 0 aliphatic heterocycles. The summed E-state index contributed by atoms with van der Waals surface area (Å²) < 4.78 is 6.25. The predicted octanol–water partition coefficient (Wildman–Crippen LogP) is 5.39. The molecule has 4 saturated carbocycles. The van der Waals surface area contributed by atoms with Crippen LogP contribution in [0.2, 0.25) is 0 Å². The third-order valence-corrected chi connectivity index (χ3v) is 9.94. The highest BCUT2D eigenvalue weighted by atomic mass is 16.5. The molecule has 0 saturated heterocycles. The minimum absolute atomic E-state index is 0.0690.